The van der Waals surface area contributed by atoms with Crippen molar-refractivity contribution in [3.05, 3.63) is 42.0 Å². The van der Waals surface area contributed by atoms with E-state index >= 15 is 0 Å². The summed E-state index contributed by atoms with van der Waals surface area (Å²) in [6.07, 6.45) is 3.77. The second-order valence-electron chi connectivity index (χ2n) is 6.13. The Kier molecular flexibility index (Phi) is 5.34. The third-order valence-corrected chi connectivity index (χ3v) is 2.79. The molecular weight excluding hydrogens is 236 g/mol. The van der Waals surface area contributed by atoms with Gasteiger partial charge in [-0.15, -0.1) is 0 Å². The summed E-state index contributed by atoms with van der Waals surface area (Å²) < 4.78 is 5.57. The molecule has 0 N–H and O–H groups in total. The molecule has 1 rings (SSSR count). The summed E-state index contributed by atoms with van der Waals surface area (Å²) in [6, 6.07) is 10.0. The van der Waals surface area contributed by atoms with Crippen LogP contribution in [0.2, 0.25) is 0 Å². The van der Waals surface area contributed by atoms with E-state index in [4.69, 9.17) is 4.74 Å². The summed E-state index contributed by atoms with van der Waals surface area (Å²) in [7, 11) is 0. The van der Waals surface area contributed by atoms with E-state index < -0.39 is 5.41 Å². The lowest BCUT2D eigenvalue weighted by atomic mass is 9.97. The third kappa shape index (κ3) is 5.29. The first-order chi connectivity index (χ1) is 8.80. The third-order valence-electron chi connectivity index (χ3n) is 2.79. The van der Waals surface area contributed by atoms with Crippen LogP contribution in [0.4, 0.5) is 0 Å². The lowest BCUT2D eigenvalue weighted by Crippen LogP contribution is -2.29. The number of esters is 1. The monoisotopic (exact) mass is 260 g/mol. The normalized spacial score (nSPS) is 13.8. The van der Waals surface area contributed by atoms with Crippen LogP contribution in [0.15, 0.2) is 36.4 Å². The number of carbonyl (C=O) groups excluding carboxylic acids is 1. The maximum absolute atomic E-state index is 11.9. The number of hydrogen-bond donors (Lipinski definition) is 0. The lowest BCUT2D eigenvalue weighted by Gasteiger charge is -2.23. The molecule has 0 fully saturated rings. The molecule has 0 bridgehead atoms. The topological polar surface area (TPSA) is 26.3 Å². The van der Waals surface area contributed by atoms with Crippen LogP contribution < -0.4 is 0 Å². The molecular formula is C17H24O2. The van der Waals surface area contributed by atoms with Crippen LogP contribution in [0.1, 0.15) is 40.2 Å². The SMILES string of the molecule is CC(C)[C@@H](/C=C/c1ccccc1)OC(=O)C(C)(C)C. The van der Waals surface area contributed by atoms with Gasteiger partial charge in [0, 0.05) is 0 Å². The van der Waals surface area contributed by atoms with Crippen LogP contribution in [0.25, 0.3) is 6.08 Å². The fourth-order valence-electron chi connectivity index (χ4n) is 1.47. The second kappa shape index (κ2) is 6.55. The molecule has 19 heavy (non-hydrogen) atoms. The van der Waals surface area contributed by atoms with Gasteiger partial charge in [0.1, 0.15) is 6.10 Å². The largest absolute Gasteiger partial charge is 0.457 e. The Balaban J connectivity index is 2.74. The van der Waals surface area contributed by atoms with Crippen molar-refractivity contribution in [3.63, 3.8) is 0 Å². The molecule has 0 aliphatic rings. The average molecular weight is 260 g/mol. The van der Waals surface area contributed by atoms with E-state index in [-0.39, 0.29) is 18.0 Å². The van der Waals surface area contributed by atoms with Gasteiger partial charge < -0.3 is 4.74 Å². The molecule has 0 saturated carbocycles. The standard InChI is InChI=1S/C17H24O2/c1-13(2)15(19-16(18)17(3,4)5)12-11-14-9-7-6-8-10-14/h6-13,15H,1-5H3/b12-11+/t15-/m1/s1. The van der Waals surface area contributed by atoms with Crippen molar-refractivity contribution < 1.29 is 9.53 Å². The van der Waals surface area contributed by atoms with Crippen molar-refractivity contribution in [2.24, 2.45) is 11.3 Å². The zero-order valence-electron chi connectivity index (χ0n) is 12.5. The first-order valence-electron chi connectivity index (χ1n) is 6.75. The van der Waals surface area contributed by atoms with E-state index in [2.05, 4.69) is 13.8 Å². The molecule has 0 saturated heterocycles. The van der Waals surface area contributed by atoms with Crippen LogP contribution in [-0.2, 0) is 9.53 Å². The van der Waals surface area contributed by atoms with E-state index in [9.17, 15) is 4.79 Å². The van der Waals surface area contributed by atoms with Crippen molar-refractivity contribution in [3.8, 4) is 0 Å². The van der Waals surface area contributed by atoms with E-state index in [1.54, 1.807) is 0 Å². The van der Waals surface area contributed by atoms with Gasteiger partial charge in [0.05, 0.1) is 5.41 Å². The van der Waals surface area contributed by atoms with Crippen molar-refractivity contribution in [1.29, 1.82) is 0 Å². The highest BCUT2D eigenvalue weighted by Crippen LogP contribution is 2.20. The lowest BCUT2D eigenvalue weighted by molar-refractivity contribution is -0.158. The molecule has 104 valence electrons. The quantitative estimate of drug-likeness (QED) is 0.754. The highest BCUT2D eigenvalue weighted by Gasteiger charge is 2.26. The molecule has 1 aromatic rings. The summed E-state index contributed by atoms with van der Waals surface area (Å²) in [5.41, 5.74) is 0.647. The van der Waals surface area contributed by atoms with Crippen molar-refractivity contribution in [1.82, 2.24) is 0 Å². The molecule has 0 radical (unpaired) electrons. The molecule has 0 unspecified atom stereocenters. The van der Waals surface area contributed by atoms with Crippen LogP contribution in [0, 0.1) is 11.3 Å². The highest BCUT2D eigenvalue weighted by molar-refractivity contribution is 5.75. The van der Waals surface area contributed by atoms with Crippen LogP contribution in [0.5, 0.6) is 0 Å². The smallest absolute Gasteiger partial charge is 0.311 e. The summed E-state index contributed by atoms with van der Waals surface area (Å²) in [5, 5.41) is 0. The Morgan fingerprint density at radius 3 is 2.21 bits per heavy atom. The average Bonchev–Trinajstić information content (AvgIpc) is 2.33. The maximum atomic E-state index is 11.9. The summed E-state index contributed by atoms with van der Waals surface area (Å²) in [5.74, 6) is 0.0928. The highest BCUT2D eigenvalue weighted by atomic mass is 16.5. The number of ether oxygens (including phenoxy) is 1. The molecule has 0 aliphatic heterocycles. The zero-order chi connectivity index (χ0) is 14.5. The Hall–Kier alpha value is -1.57. The van der Waals surface area contributed by atoms with Gasteiger partial charge in [-0.2, -0.15) is 0 Å². The van der Waals surface area contributed by atoms with E-state index in [1.165, 1.54) is 0 Å². The Labute approximate surface area is 116 Å². The van der Waals surface area contributed by atoms with Gasteiger partial charge in [0.15, 0.2) is 0 Å². The van der Waals surface area contributed by atoms with E-state index in [1.807, 2.05) is 63.3 Å². The van der Waals surface area contributed by atoms with Gasteiger partial charge >= 0.3 is 5.97 Å². The Morgan fingerprint density at radius 2 is 1.74 bits per heavy atom. The molecule has 0 aliphatic carbocycles. The van der Waals surface area contributed by atoms with Crippen molar-refractivity contribution in [2.45, 2.75) is 40.7 Å². The summed E-state index contributed by atoms with van der Waals surface area (Å²) in [4.78, 5) is 11.9. The van der Waals surface area contributed by atoms with Gasteiger partial charge in [0.2, 0.25) is 0 Å². The Morgan fingerprint density at radius 1 is 1.16 bits per heavy atom. The number of rotatable bonds is 4. The van der Waals surface area contributed by atoms with Crippen LogP contribution >= 0.6 is 0 Å². The number of benzene rings is 1. The summed E-state index contributed by atoms with van der Waals surface area (Å²) in [6.45, 7) is 9.71. The van der Waals surface area contributed by atoms with Gasteiger partial charge in [-0.25, -0.2) is 0 Å². The minimum Gasteiger partial charge on any atom is -0.457 e. The van der Waals surface area contributed by atoms with Gasteiger partial charge in [0.25, 0.3) is 0 Å². The minimum atomic E-state index is -0.465. The molecule has 0 amide bonds. The van der Waals surface area contributed by atoms with Crippen LogP contribution in [0.3, 0.4) is 0 Å². The van der Waals surface area contributed by atoms with Gasteiger partial charge in [-0.3, -0.25) is 4.79 Å². The van der Waals surface area contributed by atoms with Gasteiger partial charge in [-0.05, 0) is 38.3 Å². The molecule has 1 atom stereocenters. The molecule has 2 heteroatoms. The molecule has 0 heterocycles. The molecule has 0 aromatic heterocycles. The Bertz CT molecular complexity index is 424. The number of hydrogen-bond acceptors (Lipinski definition) is 2. The zero-order valence-corrected chi connectivity index (χ0v) is 12.5. The van der Waals surface area contributed by atoms with E-state index in [0.29, 0.717) is 0 Å². The van der Waals surface area contributed by atoms with Crippen LogP contribution in [-0.4, -0.2) is 12.1 Å². The fourth-order valence-corrected chi connectivity index (χ4v) is 1.47. The fraction of sp³-hybridized carbons (Fsp3) is 0.471. The summed E-state index contributed by atoms with van der Waals surface area (Å²) >= 11 is 0. The molecule has 0 spiro atoms. The predicted octanol–water partition coefficient (Wildman–Crippen LogP) is 4.31. The molecule has 1 aromatic carbocycles. The first kappa shape index (κ1) is 15.5. The second-order valence-corrected chi connectivity index (χ2v) is 6.13. The van der Waals surface area contributed by atoms with Gasteiger partial charge in [-0.1, -0.05) is 50.3 Å². The minimum absolute atomic E-state index is 0.163. The maximum Gasteiger partial charge on any atom is 0.311 e. The van der Waals surface area contributed by atoms with E-state index in [0.717, 1.165) is 5.56 Å². The van der Waals surface area contributed by atoms with Crippen molar-refractivity contribution in [2.75, 3.05) is 0 Å². The van der Waals surface area contributed by atoms with Crippen molar-refractivity contribution >= 4 is 12.0 Å². The first-order valence-corrected chi connectivity index (χ1v) is 6.75. The number of carbonyl (C=O) groups is 1. The predicted molar refractivity (Wildman–Crippen MR) is 79.6 cm³/mol. The molecule has 2 nitrogen and oxygen atoms in total.